The van der Waals surface area contributed by atoms with Gasteiger partial charge in [0.15, 0.2) is 0 Å². The summed E-state index contributed by atoms with van der Waals surface area (Å²) < 4.78 is 13.9. The molecule has 7 heteroatoms. The van der Waals surface area contributed by atoms with E-state index in [0.29, 0.717) is 0 Å². The van der Waals surface area contributed by atoms with Gasteiger partial charge >= 0.3 is 5.97 Å². The van der Waals surface area contributed by atoms with Crippen molar-refractivity contribution in [1.29, 1.82) is 0 Å². The van der Waals surface area contributed by atoms with E-state index in [9.17, 15) is 19.1 Å². The number of rotatable bonds is 3. The molecule has 2 aromatic carbocycles. The number of carboxylic acids is 1. The number of carbonyl (C=O) groups excluding carboxylic acids is 1. The van der Waals surface area contributed by atoms with E-state index in [2.05, 4.69) is 21.2 Å². The summed E-state index contributed by atoms with van der Waals surface area (Å²) >= 11 is 2.97. The van der Waals surface area contributed by atoms with E-state index < -0.39 is 23.4 Å². The third-order valence-corrected chi connectivity index (χ3v) is 3.29. The minimum Gasteiger partial charge on any atom is -0.507 e. The summed E-state index contributed by atoms with van der Waals surface area (Å²) in [6, 6.07) is 7.79. The van der Waals surface area contributed by atoms with Crippen molar-refractivity contribution in [2.24, 2.45) is 0 Å². The van der Waals surface area contributed by atoms with Crippen molar-refractivity contribution in [3.8, 4) is 5.75 Å². The van der Waals surface area contributed by atoms with Crippen LogP contribution in [0.4, 0.5) is 10.1 Å². The smallest absolute Gasteiger partial charge is 0.339 e. The molecule has 2 aromatic rings. The predicted octanol–water partition coefficient (Wildman–Crippen LogP) is 3.24. The van der Waals surface area contributed by atoms with Crippen LogP contribution in [0, 0.1) is 5.82 Å². The van der Waals surface area contributed by atoms with Crippen LogP contribution in [-0.2, 0) is 0 Å². The van der Waals surface area contributed by atoms with Gasteiger partial charge < -0.3 is 15.5 Å². The van der Waals surface area contributed by atoms with E-state index in [1.807, 2.05) is 0 Å². The molecule has 5 nitrogen and oxygen atoms in total. The molecule has 1 amide bonds. The maximum absolute atomic E-state index is 13.8. The van der Waals surface area contributed by atoms with Crippen molar-refractivity contribution in [1.82, 2.24) is 0 Å². The second kappa shape index (κ2) is 5.92. The Labute approximate surface area is 127 Å². The van der Waals surface area contributed by atoms with Gasteiger partial charge in [0.25, 0.3) is 5.91 Å². The Kier molecular flexibility index (Phi) is 4.23. The van der Waals surface area contributed by atoms with Crippen molar-refractivity contribution in [3.05, 3.63) is 57.8 Å². The number of benzene rings is 2. The van der Waals surface area contributed by atoms with Crippen LogP contribution in [0.3, 0.4) is 0 Å². The lowest BCUT2D eigenvalue weighted by molar-refractivity contribution is 0.0693. The van der Waals surface area contributed by atoms with Crippen molar-refractivity contribution in [2.75, 3.05) is 5.32 Å². The Bertz CT molecular complexity index is 733. The standard InChI is InChI=1S/C14H9BrFNO4/c15-10-3-1-2-8(12(10)16)13(19)17-7-4-5-11(18)9(6-7)14(20)21/h1-6,18H,(H,17,19)(H,20,21). The molecule has 0 spiro atoms. The number of phenols is 1. The fourth-order valence-electron chi connectivity index (χ4n) is 1.66. The summed E-state index contributed by atoms with van der Waals surface area (Å²) in [5, 5.41) is 20.6. The largest absolute Gasteiger partial charge is 0.507 e. The highest BCUT2D eigenvalue weighted by molar-refractivity contribution is 9.10. The minimum absolute atomic E-state index is 0.134. The Morgan fingerprint density at radius 2 is 1.86 bits per heavy atom. The fraction of sp³-hybridized carbons (Fsp3) is 0. The van der Waals surface area contributed by atoms with Crippen LogP contribution in [0.5, 0.6) is 5.75 Å². The van der Waals surface area contributed by atoms with Gasteiger partial charge in [-0.05, 0) is 46.3 Å². The Hall–Kier alpha value is -2.41. The number of nitrogens with one attached hydrogen (secondary N) is 1. The molecule has 108 valence electrons. The van der Waals surface area contributed by atoms with Crippen molar-refractivity contribution in [3.63, 3.8) is 0 Å². The van der Waals surface area contributed by atoms with Crippen LogP contribution in [0.15, 0.2) is 40.9 Å². The molecular formula is C14H9BrFNO4. The number of anilines is 1. The van der Waals surface area contributed by atoms with Crippen LogP contribution < -0.4 is 5.32 Å². The van der Waals surface area contributed by atoms with Gasteiger partial charge in [0, 0.05) is 5.69 Å². The van der Waals surface area contributed by atoms with Crippen LogP contribution in [0.25, 0.3) is 0 Å². The number of aromatic carboxylic acids is 1. The highest BCUT2D eigenvalue weighted by Gasteiger charge is 2.16. The average Bonchev–Trinajstić information content (AvgIpc) is 2.43. The highest BCUT2D eigenvalue weighted by Crippen LogP contribution is 2.23. The number of halogens is 2. The molecule has 0 radical (unpaired) electrons. The lowest BCUT2D eigenvalue weighted by Crippen LogP contribution is -2.14. The summed E-state index contributed by atoms with van der Waals surface area (Å²) in [6.45, 7) is 0. The highest BCUT2D eigenvalue weighted by atomic mass is 79.9. The zero-order chi connectivity index (χ0) is 15.6. The quantitative estimate of drug-likeness (QED) is 0.739. The monoisotopic (exact) mass is 353 g/mol. The maximum Gasteiger partial charge on any atom is 0.339 e. The molecule has 0 aliphatic rings. The molecule has 0 fully saturated rings. The minimum atomic E-state index is -1.34. The molecule has 21 heavy (non-hydrogen) atoms. The normalized spacial score (nSPS) is 10.2. The molecular weight excluding hydrogens is 345 g/mol. The molecule has 3 N–H and O–H groups in total. The summed E-state index contributed by atoms with van der Waals surface area (Å²) in [5.74, 6) is -3.20. The SMILES string of the molecule is O=C(O)c1cc(NC(=O)c2cccc(Br)c2F)ccc1O. The van der Waals surface area contributed by atoms with E-state index in [1.54, 1.807) is 0 Å². The maximum atomic E-state index is 13.8. The van der Waals surface area contributed by atoms with Crippen LogP contribution >= 0.6 is 15.9 Å². The zero-order valence-corrected chi connectivity index (χ0v) is 12.0. The fourth-order valence-corrected chi connectivity index (χ4v) is 2.03. The van der Waals surface area contributed by atoms with Gasteiger partial charge in [-0.25, -0.2) is 9.18 Å². The molecule has 0 unspecified atom stereocenters. The van der Waals surface area contributed by atoms with Crippen LogP contribution in [0.1, 0.15) is 20.7 Å². The molecule has 0 heterocycles. The molecule has 0 saturated heterocycles. The first-order valence-corrected chi connectivity index (χ1v) is 6.51. The topological polar surface area (TPSA) is 86.6 Å². The summed E-state index contributed by atoms with van der Waals surface area (Å²) in [7, 11) is 0. The van der Waals surface area contributed by atoms with E-state index >= 15 is 0 Å². The third-order valence-electron chi connectivity index (χ3n) is 2.68. The van der Waals surface area contributed by atoms with E-state index in [1.165, 1.54) is 24.3 Å². The molecule has 0 aromatic heterocycles. The average molecular weight is 354 g/mol. The van der Waals surface area contributed by atoms with Crippen LogP contribution in [-0.4, -0.2) is 22.1 Å². The Morgan fingerprint density at radius 3 is 2.52 bits per heavy atom. The van der Waals surface area contributed by atoms with E-state index in [-0.39, 0.29) is 21.3 Å². The van der Waals surface area contributed by atoms with Gasteiger partial charge in [0.2, 0.25) is 0 Å². The van der Waals surface area contributed by atoms with Crippen molar-refractivity contribution >= 4 is 33.5 Å². The van der Waals surface area contributed by atoms with E-state index in [4.69, 9.17) is 5.11 Å². The van der Waals surface area contributed by atoms with Gasteiger partial charge in [0.1, 0.15) is 17.1 Å². The molecule has 0 aliphatic heterocycles. The summed E-state index contributed by atoms with van der Waals surface area (Å²) in [4.78, 5) is 22.9. The first-order chi connectivity index (χ1) is 9.90. The van der Waals surface area contributed by atoms with Crippen molar-refractivity contribution in [2.45, 2.75) is 0 Å². The number of hydrogen-bond acceptors (Lipinski definition) is 3. The second-order valence-electron chi connectivity index (χ2n) is 4.09. The summed E-state index contributed by atoms with van der Waals surface area (Å²) in [5.41, 5.74) is -0.411. The molecule has 2 rings (SSSR count). The number of carboxylic acid groups (broad SMARTS) is 1. The second-order valence-corrected chi connectivity index (χ2v) is 4.95. The van der Waals surface area contributed by atoms with Gasteiger partial charge in [-0.2, -0.15) is 0 Å². The van der Waals surface area contributed by atoms with Crippen LogP contribution in [0.2, 0.25) is 0 Å². The number of amides is 1. The molecule has 0 saturated carbocycles. The summed E-state index contributed by atoms with van der Waals surface area (Å²) in [6.07, 6.45) is 0. The third kappa shape index (κ3) is 3.19. The van der Waals surface area contributed by atoms with Gasteiger partial charge in [0.05, 0.1) is 10.0 Å². The molecule has 0 atom stereocenters. The van der Waals surface area contributed by atoms with Crippen molar-refractivity contribution < 1.29 is 24.2 Å². The Balaban J connectivity index is 2.30. The lowest BCUT2D eigenvalue weighted by atomic mass is 10.1. The predicted molar refractivity (Wildman–Crippen MR) is 77.1 cm³/mol. The first kappa shape index (κ1) is 15.0. The lowest BCUT2D eigenvalue weighted by Gasteiger charge is -2.08. The number of carbonyl (C=O) groups is 2. The van der Waals surface area contributed by atoms with Gasteiger partial charge in [-0.3, -0.25) is 4.79 Å². The van der Waals surface area contributed by atoms with Gasteiger partial charge in [-0.1, -0.05) is 6.07 Å². The first-order valence-electron chi connectivity index (χ1n) is 5.72. The number of aromatic hydroxyl groups is 1. The Morgan fingerprint density at radius 1 is 1.14 bits per heavy atom. The zero-order valence-electron chi connectivity index (χ0n) is 10.4. The molecule has 0 aliphatic carbocycles. The van der Waals surface area contributed by atoms with Gasteiger partial charge in [-0.15, -0.1) is 0 Å². The van der Waals surface area contributed by atoms with E-state index in [0.717, 1.165) is 12.1 Å². The molecule has 0 bridgehead atoms. The number of hydrogen-bond donors (Lipinski definition) is 3.